The third-order valence-corrected chi connectivity index (χ3v) is 4.68. The second kappa shape index (κ2) is 5.38. The minimum atomic E-state index is -0.267. The normalized spacial score (nSPS) is 24.4. The summed E-state index contributed by atoms with van der Waals surface area (Å²) in [5.41, 5.74) is 0.828. The van der Waals surface area contributed by atoms with Crippen LogP contribution in [0.1, 0.15) is 39.7 Å². The molecule has 0 aliphatic carbocycles. The molecule has 2 nitrogen and oxygen atoms in total. The molecule has 0 saturated carbocycles. The average Bonchev–Trinajstić information content (AvgIpc) is 2.49. The van der Waals surface area contributed by atoms with Crippen LogP contribution in [-0.4, -0.2) is 17.3 Å². The first-order valence-corrected chi connectivity index (χ1v) is 8.36. The zero-order chi connectivity index (χ0) is 14.3. The Morgan fingerprint density at radius 1 is 1.32 bits per heavy atom. The average molecular weight is 392 g/mol. The summed E-state index contributed by atoms with van der Waals surface area (Å²) in [4.78, 5) is 0. The summed E-state index contributed by atoms with van der Waals surface area (Å²) in [5.74, 6) is 0.879. The van der Waals surface area contributed by atoms with Crippen LogP contribution in [0.25, 0.3) is 0 Å². The smallest absolute Gasteiger partial charge is 0.134 e. The standard InChI is InChI=1S/C15H20Br2O2/c1-14(2)8-13(15(3,4)19-14)18-12-6-5-10(9-16)7-11(12)17/h5-7,13H,8-9H2,1-4H3. The SMILES string of the molecule is CC1(C)CC(Oc2ccc(CBr)cc2Br)C(C)(C)O1. The second-order valence-corrected chi connectivity index (χ2v) is 7.59. The summed E-state index contributed by atoms with van der Waals surface area (Å²) in [6.07, 6.45) is 0.959. The predicted octanol–water partition coefficient (Wildman–Crippen LogP) is 5.07. The number of alkyl halides is 1. The number of benzene rings is 1. The minimum absolute atomic E-state index is 0.0635. The zero-order valence-corrected chi connectivity index (χ0v) is 15.0. The maximum absolute atomic E-state index is 6.17. The first-order valence-electron chi connectivity index (χ1n) is 6.45. The lowest BCUT2D eigenvalue weighted by atomic mass is 9.97. The number of hydrogen-bond donors (Lipinski definition) is 0. The highest BCUT2D eigenvalue weighted by atomic mass is 79.9. The van der Waals surface area contributed by atoms with E-state index in [1.54, 1.807) is 0 Å². The van der Waals surface area contributed by atoms with Crippen LogP contribution in [0.15, 0.2) is 22.7 Å². The molecule has 0 aromatic heterocycles. The van der Waals surface area contributed by atoms with Gasteiger partial charge in [0, 0.05) is 11.8 Å². The van der Waals surface area contributed by atoms with Crippen LogP contribution in [0.5, 0.6) is 5.75 Å². The number of ether oxygens (including phenoxy) is 2. The van der Waals surface area contributed by atoms with E-state index in [0.717, 1.165) is 22.0 Å². The summed E-state index contributed by atoms with van der Waals surface area (Å²) in [6.45, 7) is 8.41. The number of hydrogen-bond acceptors (Lipinski definition) is 2. The molecule has 106 valence electrons. The van der Waals surface area contributed by atoms with Gasteiger partial charge in [-0.05, 0) is 61.3 Å². The van der Waals surface area contributed by atoms with E-state index in [1.165, 1.54) is 5.56 Å². The van der Waals surface area contributed by atoms with E-state index in [4.69, 9.17) is 9.47 Å². The van der Waals surface area contributed by atoms with Crippen molar-refractivity contribution in [2.24, 2.45) is 0 Å². The second-order valence-electron chi connectivity index (χ2n) is 6.17. The Morgan fingerprint density at radius 2 is 2.00 bits per heavy atom. The van der Waals surface area contributed by atoms with Gasteiger partial charge >= 0.3 is 0 Å². The quantitative estimate of drug-likeness (QED) is 0.669. The van der Waals surface area contributed by atoms with E-state index in [2.05, 4.69) is 71.7 Å². The maximum Gasteiger partial charge on any atom is 0.134 e. The predicted molar refractivity (Wildman–Crippen MR) is 85.0 cm³/mol. The van der Waals surface area contributed by atoms with Crippen LogP contribution in [0.4, 0.5) is 0 Å². The lowest BCUT2D eigenvalue weighted by Crippen LogP contribution is -2.36. The molecule has 1 aromatic rings. The summed E-state index contributed by atoms with van der Waals surface area (Å²) < 4.78 is 13.2. The largest absolute Gasteiger partial charge is 0.486 e. The van der Waals surface area contributed by atoms with Gasteiger partial charge in [-0.3, -0.25) is 0 Å². The van der Waals surface area contributed by atoms with Crippen molar-refractivity contribution >= 4 is 31.9 Å². The summed E-state index contributed by atoms with van der Waals surface area (Å²) in [6, 6.07) is 6.17. The summed E-state index contributed by atoms with van der Waals surface area (Å²) in [5, 5.41) is 0.844. The van der Waals surface area contributed by atoms with Crippen molar-refractivity contribution in [3.05, 3.63) is 28.2 Å². The highest BCUT2D eigenvalue weighted by Crippen LogP contribution is 2.40. The van der Waals surface area contributed by atoms with E-state index in [9.17, 15) is 0 Å². The van der Waals surface area contributed by atoms with Gasteiger partial charge in [0.15, 0.2) is 0 Å². The Labute approximate surface area is 132 Å². The van der Waals surface area contributed by atoms with Crippen LogP contribution in [0.2, 0.25) is 0 Å². The molecule has 0 spiro atoms. The number of rotatable bonds is 3. The fourth-order valence-electron chi connectivity index (χ4n) is 2.57. The number of halogens is 2. The monoisotopic (exact) mass is 390 g/mol. The fraction of sp³-hybridized carbons (Fsp3) is 0.600. The molecule has 1 unspecified atom stereocenters. The van der Waals surface area contributed by atoms with Crippen molar-refractivity contribution in [3.8, 4) is 5.75 Å². The van der Waals surface area contributed by atoms with Crippen LogP contribution in [0.3, 0.4) is 0 Å². The van der Waals surface area contributed by atoms with Gasteiger partial charge in [0.1, 0.15) is 17.5 Å². The highest BCUT2D eigenvalue weighted by molar-refractivity contribution is 9.10. The van der Waals surface area contributed by atoms with Crippen molar-refractivity contribution < 1.29 is 9.47 Å². The van der Waals surface area contributed by atoms with Gasteiger partial charge in [-0.15, -0.1) is 0 Å². The Kier molecular flexibility index (Phi) is 4.34. The molecular weight excluding hydrogens is 372 g/mol. The highest BCUT2D eigenvalue weighted by Gasteiger charge is 2.47. The van der Waals surface area contributed by atoms with Gasteiger partial charge in [-0.25, -0.2) is 0 Å². The molecule has 1 heterocycles. The van der Waals surface area contributed by atoms with Crippen LogP contribution < -0.4 is 4.74 Å². The zero-order valence-electron chi connectivity index (χ0n) is 11.8. The topological polar surface area (TPSA) is 18.5 Å². The Balaban J connectivity index is 2.18. The molecule has 1 aromatic carbocycles. The van der Waals surface area contributed by atoms with Gasteiger partial charge in [-0.2, -0.15) is 0 Å². The van der Waals surface area contributed by atoms with E-state index >= 15 is 0 Å². The molecule has 1 saturated heterocycles. The Morgan fingerprint density at radius 3 is 2.47 bits per heavy atom. The third-order valence-electron chi connectivity index (χ3n) is 3.41. The molecule has 4 heteroatoms. The van der Waals surface area contributed by atoms with Gasteiger partial charge in [0.05, 0.1) is 10.1 Å². The van der Waals surface area contributed by atoms with Crippen molar-refractivity contribution in [1.29, 1.82) is 0 Å². The van der Waals surface area contributed by atoms with Gasteiger partial charge in [0.25, 0.3) is 0 Å². The van der Waals surface area contributed by atoms with E-state index in [0.29, 0.717) is 0 Å². The molecule has 1 aliphatic rings. The lowest BCUT2D eigenvalue weighted by molar-refractivity contribution is -0.0846. The molecule has 2 rings (SSSR count). The molecule has 0 N–H and O–H groups in total. The van der Waals surface area contributed by atoms with Crippen LogP contribution in [-0.2, 0) is 10.1 Å². The van der Waals surface area contributed by atoms with E-state index in [-0.39, 0.29) is 17.3 Å². The maximum atomic E-state index is 6.17. The van der Waals surface area contributed by atoms with Gasteiger partial charge in [-0.1, -0.05) is 22.0 Å². The Hall–Kier alpha value is -0.0600. The van der Waals surface area contributed by atoms with E-state index < -0.39 is 0 Å². The van der Waals surface area contributed by atoms with Gasteiger partial charge in [0.2, 0.25) is 0 Å². The first kappa shape index (κ1) is 15.3. The fourth-order valence-corrected chi connectivity index (χ4v) is 3.44. The minimum Gasteiger partial charge on any atom is -0.486 e. The third kappa shape index (κ3) is 3.53. The molecule has 1 fully saturated rings. The van der Waals surface area contributed by atoms with E-state index in [1.807, 2.05) is 6.07 Å². The molecular formula is C15H20Br2O2. The van der Waals surface area contributed by atoms with Crippen molar-refractivity contribution in [1.82, 2.24) is 0 Å². The van der Waals surface area contributed by atoms with Crippen molar-refractivity contribution in [2.75, 3.05) is 0 Å². The molecule has 0 bridgehead atoms. The Bertz CT molecular complexity index is 469. The molecule has 0 radical (unpaired) electrons. The summed E-state index contributed by atoms with van der Waals surface area (Å²) >= 11 is 7.03. The van der Waals surface area contributed by atoms with Crippen LogP contribution >= 0.6 is 31.9 Å². The molecule has 0 amide bonds. The molecule has 19 heavy (non-hydrogen) atoms. The van der Waals surface area contributed by atoms with Crippen LogP contribution in [0, 0.1) is 0 Å². The van der Waals surface area contributed by atoms with Gasteiger partial charge < -0.3 is 9.47 Å². The molecule has 1 atom stereocenters. The molecule has 1 aliphatic heterocycles. The lowest BCUT2D eigenvalue weighted by Gasteiger charge is -2.27. The summed E-state index contributed by atoms with van der Waals surface area (Å²) in [7, 11) is 0. The van der Waals surface area contributed by atoms with Crippen molar-refractivity contribution in [3.63, 3.8) is 0 Å². The van der Waals surface area contributed by atoms with Crippen molar-refractivity contribution in [2.45, 2.75) is 56.8 Å². The first-order chi connectivity index (χ1) is 8.73.